The summed E-state index contributed by atoms with van der Waals surface area (Å²) < 4.78 is 23.8. The summed E-state index contributed by atoms with van der Waals surface area (Å²) in [5, 5.41) is 3.69. The highest BCUT2D eigenvalue weighted by Gasteiger charge is 2.28. The number of sulfone groups is 1. The van der Waals surface area contributed by atoms with Crippen LogP contribution in [0, 0.1) is 5.92 Å². The van der Waals surface area contributed by atoms with Gasteiger partial charge in [-0.1, -0.05) is 18.2 Å². The largest absolute Gasteiger partial charge is 0.397 e. The summed E-state index contributed by atoms with van der Waals surface area (Å²) in [7, 11) is -2.91. The fourth-order valence-corrected chi connectivity index (χ4v) is 5.49. The van der Waals surface area contributed by atoms with Gasteiger partial charge < -0.3 is 11.1 Å². The highest BCUT2D eigenvalue weighted by atomic mass is 32.2. The smallest absolute Gasteiger partial charge is 0.263 e. The fourth-order valence-electron chi connectivity index (χ4n) is 2.58. The Hall–Kier alpha value is -1.60. The Balaban J connectivity index is 1.71. The standard InChI is InChI=1S/C14H16N2O3S2/c15-12-10-3-1-2-4-11(10)20-13(12)14(17)16-7-9-5-6-21(18,19)8-9/h1-4,9H,5-8,15H2,(H,16,17). The van der Waals surface area contributed by atoms with Crippen molar-refractivity contribution in [1.82, 2.24) is 5.32 Å². The maximum atomic E-state index is 12.2. The maximum absolute atomic E-state index is 12.2. The number of hydrogen-bond acceptors (Lipinski definition) is 5. The highest BCUT2D eigenvalue weighted by molar-refractivity contribution is 7.91. The topological polar surface area (TPSA) is 89.3 Å². The Morgan fingerprint density at radius 3 is 2.81 bits per heavy atom. The SMILES string of the molecule is Nc1c(C(=O)NCC2CCS(=O)(=O)C2)sc2ccccc12. The Morgan fingerprint density at radius 2 is 2.14 bits per heavy atom. The monoisotopic (exact) mass is 324 g/mol. The van der Waals surface area contributed by atoms with Crippen molar-refractivity contribution in [1.29, 1.82) is 0 Å². The van der Waals surface area contributed by atoms with Crippen molar-refractivity contribution in [2.75, 3.05) is 23.8 Å². The van der Waals surface area contributed by atoms with E-state index < -0.39 is 9.84 Å². The molecule has 3 rings (SSSR count). The average molecular weight is 324 g/mol. The van der Waals surface area contributed by atoms with Gasteiger partial charge in [-0.15, -0.1) is 11.3 Å². The van der Waals surface area contributed by atoms with E-state index in [0.29, 0.717) is 23.5 Å². The lowest BCUT2D eigenvalue weighted by molar-refractivity contribution is 0.0953. The van der Waals surface area contributed by atoms with Crippen molar-refractivity contribution in [3.05, 3.63) is 29.1 Å². The van der Waals surface area contributed by atoms with E-state index in [9.17, 15) is 13.2 Å². The van der Waals surface area contributed by atoms with Gasteiger partial charge in [0.15, 0.2) is 9.84 Å². The molecule has 2 aromatic rings. The van der Waals surface area contributed by atoms with Gasteiger partial charge >= 0.3 is 0 Å². The van der Waals surface area contributed by atoms with Crippen LogP contribution in [0.15, 0.2) is 24.3 Å². The van der Waals surface area contributed by atoms with Crippen LogP contribution in [0.2, 0.25) is 0 Å². The third kappa shape index (κ3) is 2.89. The molecule has 1 aromatic carbocycles. The number of nitrogens with one attached hydrogen (secondary N) is 1. The van der Waals surface area contributed by atoms with Gasteiger partial charge in [-0.3, -0.25) is 4.79 Å². The minimum absolute atomic E-state index is 0.00885. The molecule has 0 radical (unpaired) electrons. The molecule has 5 nitrogen and oxygen atoms in total. The molecular formula is C14H16N2O3S2. The molecule has 1 fully saturated rings. The fraction of sp³-hybridized carbons (Fsp3) is 0.357. The van der Waals surface area contributed by atoms with Crippen molar-refractivity contribution in [2.24, 2.45) is 5.92 Å². The van der Waals surface area contributed by atoms with Gasteiger partial charge in [-0.2, -0.15) is 0 Å². The summed E-state index contributed by atoms with van der Waals surface area (Å²) in [6.07, 6.45) is 0.616. The van der Waals surface area contributed by atoms with Crippen LogP contribution in [-0.2, 0) is 9.84 Å². The van der Waals surface area contributed by atoms with Gasteiger partial charge in [0.05, 0.1) is 17.2 Å². The number of amides is 1. The molecule has 1 unspecified atom stereocenters. The molecule has 0 saturated carbocycles. The van der Waals surface area contributed by atoms with Crippen LogP contribution in [-0.4, -0.2) is 32.4 Å². The minimum atomic E-state index is -2.91. The first-order valence-electron chi connectivity index (χ1n) is 6.72. The Kier molecular flexibility index (Phi) is 3.62. The lowest BCUT2D eigenvalue weighted by atomic mass is 10.1. The molecule has 1 atom stereocenters. The number of fused-ring (bicyclic) bond motifs is 1. The van der Waals surface area contributed by atoms with E-state index in [1.165, 1.54) is 11.3 Å². The second-order valence-corrected chi connectivity index (χ2v) is 8.60. The molecule has 3 N–H and O–H groups in total. The zero-order chi connectivity index (χ0) is 15.0. The first-order chi connectivity index (χ1) is 9.96. The van der Waals surface area contributed by atoms with E-state index in [2.05, 4.69) is 5.32 Å². The molecule has 112 valence electrons. The molecule has 0 aliphatic carbocycles. The lowest BCUT2D eigenvalue weighted by Crippen LogP contribution is -2.29. The highest BCUT2D eigenvalue weighted by Crippen LogP contribution is 2.33. The Bertz CT molecular complexity index is 796. The van der Waals surface area contributed by atoms with Crippen LogP contribution < -0.4 is 11.1 Å². The summed E-state index contributed by atoms with van der Waals surface area (Å²) in [6.45, 7) is 0.381. The van der Waals surface area contributed by atoms with Gasteiger partial charge in [0, 0.05) is 16.6 Å². The summed E-state index contributed by atoms with van der Waals surface area (Å²) >= 11 is 1.36. The maximum Gasteiger partial charge on any atom is 0.263 e. The number of nitrogen functional groups attached to an aromatic ring is 1. The first-order valence-corrected chi connectivity index (χ1v) is 9.36. The molecule has 2 heterocycles. The summed E-state index contributed by atoms with van der Waals surface area (Å²) in [5.41, 5.74) is 6.51. The number of hydrogen-bond donors (Lipinski definition) is 2. The second-order valence-electron chi connectivity index (χ2n) is 5.32. The van der Waals surface area contributed by atoms with E-state index in [4.69, 9.17) is 5.73 Å². The van der Waals surface area contributed by atoms with E-state index in [0.717, 1.165) is 10.1 Å². The normalized spacial score (nSPS) is 20.7. The van der Waals surface area contributed by atoms with Gasteiger partial charge in [0.25, 0.3) is 5.91 Å². The zero-order valence-corrected chi connectivity index (χ0v) is 13.0. The zero-order valence-electron chi connectivity index (χ0n) is 11.3. The van der Waals surface area contributed by atoms with Crippen molar-refractivity contribution < 1.29 is 13.2 Å². The van der Waals surface area contributed by atoms with Crippen LogP contribution in [0.4, 0.5) is 5.69 Å². The number of carbonyl (C=O) groups excluding carboxylic acids is 1. The van der Waals surface area contributed by atoms with Crippen LogP contribution >= 0.6 is 11.3 Å². The number of nitrogens with two attached hydrogens (primary N) is 1. The summed E-state index contributed by atoms with van der Waals surface area (Å²) in [5.74, 6) is 0.167. The van der Waals surface area contributed by atoms with Crippen LogP contribution in [0.1, 0.15) is 16.1 Å². The van der Waals surface area contributed by atoms with Crippen molar-refractivity contribution in [2.45, 2.75) is 6.42 Å². The van der Waals surface area contributed by atoms with E-state index in [1.807, 2.05) is 24.3 Å². The number of anilines is 1. The number of carbonyl (C=O) groups is 1. The molecule has 21 heavy (non-hydrogen) atoms. The molecule has 1 aromatic heterocycles. The van der Waals surface area contributed by atoms with E-state index in [1.54, 1.807) is 0 Å². The Morgan fingerprint density at radius 1 is 1.38 bits per heavy atom. The molecule has 0 bridgehead atoms. The molecule has 0 spiro atoms. The van der Waals surface area contributed by atoms with E-state index >= 15 is 0 Å². The third-order valence-corrected chi connectivity index (χ3v) is 6.74. The first kappa shape index (κ1) is 14.3. The molecule has 1 aliphatic heterocycles. The minimum Gasteiger partial charge on any atom is -0.397 e. The molecule has 1 amide bonds. The van der Waals surface area contributed by atoms with Gasteiger partial charge in [0.2, 0.25) is 0 Å². The predicted molar refractivity (Wildman–Crippen MR) is 85.3 cm³/mol. The number of thiophene rings is 1. The van der Waals surface area contributed by atoms with Crippen LogP contribution in [0.5, 0.6) is 0 Å². The average Bonchev–Trinajstić information content (AvgIpc) is 2.97. The molecular weight excluding hydrogens is 308 g/mol. The van der Waals surface area contributed by atoms with E-state index in [-0.39, 0.29) is 23.3 Å². The third-order valence-electron chi connectivity index (χ3n) is 3.72. The van der Waals surface area contributed by atoms with Crippen molar-refractivity contribution >= 4 is 42.9 Å². The quantitative estimate of drug-likeness (QED) is 0.898. The van der Waals surface area contributed by atoms with Crippen molar-refractivity contribution in [3.63, 3.8) is 0 Å². The van der Waals surface area contributed by atoms with Crippen LogP contribution in [0.25, 0.3) is 10.1 Å². The number of benzene rings is 1. The molecule has 7 heteroatoms. The predicted octanol–water partition coefficient (Wildman–Crippen LogP) is 1.65. The van der Waals surface area contributed by atoms with Gasteiger partial charge in [-0.05, 0) is 18.4 Å². The summed E-state index contributed by atoms with van der Waals surface area (Å²) in [6, 6.07) is 7.61. The van der Waals surface area contributed by atoms with Crippen LogP contribution in [0.3, 0.4) is 0 Å². The van der Waals surface area contributed by atoms with Crippen molar-refractivity contribution in [3.8, 4) is 0 Å². The lowest BCUT2D eigenvalue weighted by Gasteiger charge is -2.09. The number of rotatable bonds is 3. The Labute approximate surface area is 127 Å². The molecule has 1 aliphatic rings. The summed E-state index contributed by atoms with van der Waals surface area (Å²) in [4.78, 5) is 12.7. The van der Waals surface area contributed by atoms with Gasteiger partial charge in [-0.25, -0.2) is 8.42 Å². The second kappa shape index (κ2) is 5.31. The molecule has 1 saturated heterocycles. The van der Waals surface area contributed by atoms with Gasteiger partial charge in [0.1, 0.15) is 4.88 Å².